The quantitative estimate of drug-likeness (QED) is 0.165. The van der Waals surface area contributed by atoms with E-state index in [1.807, 2.05) is 39.3 Å². The molecule has 0 N–H and O–H groups in total. The maximum Gasteiger partial charge on any atom is 0.311 e. The van der Waals surface area contributed by atoms with Crippen LogP contribution in [0.5, 0.6) is 5.75 Å². The largest absolute Gasteiger partial charge is 0.756 e. The van der Waals surface area contributed by atoms with Crippen molar-refractivity contribution >= 4 is 13.8 Å². The predicted molar refractivity (Wildman–Crippen MR) is 112 cm³/mol. The molecule has 0 aliphatic rings. The molecule has 166 valence electrons. The summed E-state index contributed by atoms with van der Waals surface area (Å²) in [5, 5.41) is 0. The van der Waals surface area contributed by atoms with Crippen molar-refractivity contribution < 1.29 is 32.5 Å². The number of nitrogens with zero attached hydrogens (tertiary/aromatic N) is 1. The van der Waals surface area contributed by atoms with Crippen LogP contribution in [-0.4, -0.2) is 51.4 Å². The molecule has 0 saturated heterocycles. The number of benzene rings is 1. The van der Waals surface area contributed by atoms with Gasteiger partial charge in [0.05, 0.1) is 27.7 Å². The summed E-state index contributed by atoms with van der Waals surface area (Å²) in [5.74, 6) is 0.641. The number of hydrogen-bond acceptors (Lipinski definition) is 6. The lowest BCUT2D eigenvalue weighted by Gasteiger charge is -2.27. The Bertz CT molecular complexity index is 685. The zero-order valence-corrected chi connectivity index (χ0v) is 19.7. The molecule has 1 unspecified atom stereocenters. The van der Waals surface area contributed by atoms with E-state index in [2.05, 4.69) is 27.7 Å². The van der Waals surface area contributed by atoms with Gasteiger partial charge in [0.2, 0.25) is 0 Å². The molecule has 7 nitrogen and oxygen atoms in total. The van der Waals surface area contributed by atoms with Crippen LogP contribution in [0.15, 0.2) is 18.2 Å². The van der Waals surface area contributed by atoms with Gasteiger partial charge < -0.3 is 23.2 Å². The summed E-state index contributed by atoms with van der Waals surface area (Å²) < 4.78 is 27.7. The highest BCUT2D eigenvalue weighted by molar-refractivity contribution is 7.45. The molecule has 0 aliphatic carbocycles. The third-order valence-corrected chi connectivity index (χ3v) is 5.32. The fourth-order valence-electron chi connectivity index (χ4n) is 2.62. The van der Waals surface area contributed by atoms with Crippen LogP contribution in [0.1, 0.15) is 63.5 Å². The van der Waals surface area contributed by atoms with E-state index in [1.54, 1.807) is 0 Å². The SMILES string of the molecule is CC(C)c1cccc(C(C)C)c1OC(=O)CCCOP(=O)([O-])OCC[N+](C)(C)C. The Labute approximate surface area is 175 Å². The van der Waals surface area contributed by atoms with Crippen LogP contribution < -0.4 is 9.63 Å². The summed E-state index contributed by atoms with van der Waals surface area (Å²) in [5.41, 5.74) is 1.96. The molecular formula is C21H36NO6P. The summed E-state index contributed by atoms with van der Waals surface area (Å²) in [6, 6.07) is 5.90. The molecule has 0 fully saturated rings. The number of likely N-dealkylation sites (N-methyl/N-ethyl adjacent to an activating group) is 1. The van der Waals surface area contributed by atoms with Gasteiger partial charge in [-0.3, -0.25) is 9.36 Å². The number of phosphoric acid groups is 1. The van der Waals surface area contributed by atoms with Gasteiger partial charge in [-0.15, -0.1) is 0 Å². The number of carbonyl (C=O) groups is 1. The summed E-state index contributed by atoms with van der Waals surface area (Å²) in [4.78, 5) is 24.1. The van der Waals surface area contributed by atoms with Crippen LogP contribution in [0.25, 0.3) is 0 Å². The normalized spacial score (nSPS) is 14.3. The molecule has 0 radical (unpaired) electrons. The highest BCUT2D eigenvalue weighted by atomic mass is 31.2. The second-order valence-corrected chi connectivity index (χ2v) is 10.2. The molecule has 1 aromatic carbocycles. The fraction of sp³-hybridized carbons (Fsp3) is 0.667. The second-order valence-electron chi connectivity index (χ2n) is 8.78. The van der Waals surface area contributed by atoms with E-state index >= 15 is 0 Å². The lowest BCUT2D eigenvalue weighted by atomic mass is 9.94. The Morgan fingerprint density at radius 3 is 2.03 bits per heavy atom. The average Bonchev–Trinajstić information content (AvgIpc) is 2.57. The summed E-state index contributed by atoms with van der Waals surface area (Å²) in [6.07, 6.45) is 0.285. The van der Waals surface area contributed by atoms with Gasteiger partial charge in [-0.1, -0.05) is 45.9 Å². The molecular weight excluding hydrogens is 393 g/mol. The second kappa shape index (κ2) is 11.2. The fourth-order valence-corrected chi connectivity index (χ4v) is 3.35. The lowest BCUT2D eigenvalue weighted by molar-refractivity contribution is -0.870. The zero-order valence-electron chi connectivity index (χ0n) is 18.8. The van der Waals surface area contributed by atoms with Gasteiger partial charge in [0.15, 0.2) is 0 Å². The van der Waals surface area contributed by atoms with Crippen molar-refractivity contribution in [3.8, 4) is 5.75 Å². The van der Waals surface area contributed by atoms with Crippen molar-refractivity contribution in [1.29, 1.82) is 0 Å². The Kier molecular flexibility index (Phi) is 9.99. The number of hydrogen-bond donors (Lipinski definition) is 0. The topological polar surface area (TPSA) is 84.9 Å². The standard InChI is InChI=1S/C21H36NO6P/c1-16(2)18-10-8-11-19(17(3)4)21(18)28-20(23)12-9-14-26-29(24,25)27-15-13-22(5,6)7/h8,10-11,16-17H,9,12-15H2,1-7H3. The van der Waals surface area contributed by atoms with Crippen molar-refractivity contribution in [2.24, 2.45) is 0 Å². The molecule has 1 atom stereocenters. The van der Waals surface area contributed by atoms with Crippen LogP contribution >= 0.6 is 7.82 Å². The first kappa shape index (κ1) is 25.8. The van der Waals surface area contributed by atoms with Crippen molar-refractivity contribution in [3.05, 3.63) is 29.3 Å². The van der Waals surface area contributed by atoms with Gasteiger partial charge in [-0.2, -0.15) is 0 Å². The van der Waals surface area contributed by atoms with Gasteiger partial charge in [0.25, 0.3) is 7.82 Å². The molecule has 1 aromatic rings. The molecule has 0 bridgehead atoms. The van der Waals surface area contributed by atoms with Gasteiger partial charge in [-0.25, -0.2) is 0 Å². The molecule has 0 spiro atoms. The van der Waals surface area contributed by atoms with Crippen molar-refractivity contribution in [1.82, 2.24) is 0 Å². The van der Waals surface area contributed by atoms with E-state index in [-0.39, 0.29) is 37.9 Å². The summed E-state index contributed by atoms with van der Waals surface area (Å²) in [7, 11) is 1.46. The van der Waals surface area contributed by atoms with E-state index in [1.165, 1.54) is 0 Å². The predicted octanol–water partition coefficient (Wildman–Crippen LogP) is 3.83. The first-order valence-corrected chi connectivity index (χ1v) is 11.5. The van der Waals surface area contributed by atoms with E-state index in [4.69, 9.17) is 13.8 Å². The van der Waals surface area contributed by atoms with Crippen LogP contribution in [0.3, 0.4) is 0 Å². The van der Waals surface area contributed by atoms with Crippen molar-refractivity contribution in [2.75, 3.05) is 40.9 Å². The van der Waals surface area contributed by atoms with Gasteiger partial charge in [0, 0.05) is 6.42 Å². The maximum atomic E-state index is 12.3. The summed E-state index contributed by atoms with van der Waals surface area (Å²) in [6.45, 7) is 8.67. The Morgan fingerprint density at radius 2 is 1.55 bits per heavy atom. The number of phosphoric ester groups is 1. The van der Waals surface area contributed by atoms with Gasteiger partial charge in [0.1, 0.15) is 18.9 Å². The number of ether oxygens (including phenoxy) is 1. The third kappa shape index (κ3) is 9.87. The minimum Gasteiger partial charge on any atom is -0.756 e. The zero-order chi connectivity index (χ0) is 22.2. The molecule has 0 saturated carbocycles. The Hall–Kier alpha value is -1.24. The molecule has 29 heavy (non-hydrogen) atoms. The molecule has 8 heteroatoms. The average molecular weight is 429 g/mol. The number of esters is 1. The van der Waals surface area contributed by atoms with E-state index in [9.17, 15) is 14.3 Å². The smallest absolute Gasteiger partial charge is 0.311 e. The molecule has 0 amide bonds. The highest BCUT2D eigenvalue weighted by Crippen LogP contribution is 2.38. The minimum atomic E-state index is -4.36. The van der Waals surface area contributed by atoms with Crippen LogP contribution in [-0.2, 0) is 18.4 Å². The lowest BCUT2D eigenvalue weighted by Crippen LogP contribution is -2.37. The van der Waals surface area contributed by atoms with Crippen LogP contribution in [0, 0.1) is 0 Å². The van der Waals surface area contributed by atoms with E-state index < -0.39 is 13.8 Å². The van der Waals surface area contributed by atoms with E-state index in [0.717, 1.165) is 11.1 Å². The monoisotopic (exact) mass is 429 g/mol. The molecule has 1 rings (SSSR count). The number of quaternary nitrogens is 1. The highest BCUT2D eigenvalue weighted by Gasteiger charge is 2.18. The van der Waals surface area contributed by atoms with Gasteiger partial charge >= 0.3 is 5.97 Å². The van der Waals surface area contributed by atoms with Crippen molar-refractivity contribution in [3.63, 3.8) is 0 Å². The molecule has 0 heterocycles. The number of para-hydroxylation sites is 1. The molecule has 0 aliphatic heterocycles. The van der Waals surface area contributed by atoms with Crippen molar-refractivity contribution in [2.45, 2.75) is 52.4 Å². The van der Waals surface area contributed by atoms with Crippen LogP contribution in [0.4, 0.5) is 0 Å². The molecule has 0 aromatic heterocycles. The summed E-state index contributed by atoms with van der Waals surface area (Å²) >= 11 is 0. The number of carbonyl (C=O) groups excluding carboxylic acids is 1. The van der Waals surface area contributed by atoms with Gasteiger partial charge in [-0.05, 0) is 29.4 Å². The third-order valence-electron chi connectivity index (χ3n) is 4.32. The Morgan fingerprint density at radius 1 is 1.03 bits per heavy atom. The first-order valence-electron chi connectivity index (χ1n) is 10.1. The Balaban J connectivity index is 2.54. The van der Waals surface area contributed by atoms with E-state index in [0.29, 0.717) is 16.8 Å². The maximum absolute atomic E-state index is 12.3. The number of rotatable bonds is 12. The minimum absolute atomic E-state index is 0.0519. The first-order chi connectivity index (χ1) is 13.3. The van der Waals surface area contributed by atoms with Crippen LogP contribution in [0.2, 0.25) is 0 Å².